The summed E-state index contributed by atoms with van der Waals surface area (Å²) in [5, 5.41) is 10.7. The Morgan fingerprint density at radius 1 is 1.03 bits per heavy atom. The molecule has 1 aliphatic rings. The number of hydrogen-bond donors (Lipinski definition) is 2. The molecule has 2 aromatic heterocycles. The second kappa shape index (κ2) is 7.98. The fourth-order valence-corrected chi connectivity index (χ4v) is 3.77. The molecular formula is C23H19FN6O. The molecule has 2 atom stereocenters. The summed E-state index contributed by atoms with van der Waals surface area (Å²) in [5.74, 6) is 0.0996. The summed E-state index contributed by atoms with van der Waals surface area (Å²) in [4.78, 5) is 21.0. The van der Waals surface area contributed by atoms with Crippen LogP contribution in [0.25, 0.3) is 0 Å². The molecule has 0 radical (unpaired) electrons. The highest BCUT2D eigenvalue weighted by molar-refractivity contribution is 6.03. The van der Waals surface area contributed by atoms with Crippen molar-refractivity contribution in [1.29, 1.82) is 0 Å². The zero-order valence-electron chi connectivity index (χ0n) is 16.4. The zero-order valence-corrected chi connectivity index (χ0v) is 16.4. The predicted molar refractivity (Wildman–Crippen MR) is 114 cm³/mol. The van der Waals surface area contributed by atoms with E-state index in [1.807, 2.05) is 18.2 Å². The fraction of sp³-hybridized carbons (Fsp3) is 0.130. The van der Waals surface area contributed by atoms with Crippen LogP contribution < -0.4 is 10.6 Å². The van der Waals surface area contributed by atoms with Gasteiger partial charge in [0.2, 0.25) is 5.95 Å². The summed E-state index contributed by atoms with van der Waals surface area (Å²) < 4.78 is 15.2. The van der Waals surface area contributed by atoms with Crippen molar-refractivity contribution < 1.29 is 9.18 Å². The summed E-state index contributed by atoms with van der Waals surface area (Å²) in [6.07, 6.45) is 3.78. The second-order valence-corrected chi connectivity index (χ2v) is 7.31. The lowest BCUT2D eigenvalue weighted by Crippen LogP contribution is -2.28. The molecule has 4 aromatic rings. The topological polar surface area (TPSA) is 84.7 Å². The molecule has 0 saturated carbocycles. The second-order valence-electron chi connectivity index (χ2n) is 7.31. The van der Waals surface area contributed by atoms with Gasteiger partial charge in [-0.3, -0.25) is 15.1 Å². The van der Waals surface area contributed by atoms with Crippen LogP contribution in [-0.4, -0.2) is 25.7 Å². The highest BCUT2D eigenvalue weighted by atomic mass is 19.1. The number of pyridine rings is 1. The molecule has 8 heteroatoms. The maximum atomic E-state index is 13.5. The third kappa shape index (κ3) is 3.87. The molecule has 0 unspecified atom stereocenters. The summed E-state index contributed by atoms with van der Waals surface area (Å²) >= 11 is 0. The molecular weight excluding hydrogens is 395 g/mol. The average Bonchev–Trinajstić information content (AvgIpc) is 3.22. The summed E-state index contributed by atoms with van der Waals surface area (Å²) in [7, 11) is 0. The van der Waals surface area contributed by atoms with Gasteiger partial charge in [0.05, 0.1) is 17.6 Å². The van der Waals surface area contributed by atoms with Gasteiger partial charge in [-0.2, -0.15) is 4.98 Å². The first-order valence-corrected chi connectivity index (χ1v) is 9.92. The normalized spacial score (nSPS) is 17.5. The van der Waals surface area contributed by atoms with E-state index in [1.54, 1.807) is 35.1 Å². The predicted octanol–water partition coefficient (Wildman–Crippen LogP) is 4.21. The van der Waals surface area contributed by atoms with Crippen molar-refractivity contribution in [2.24, 2.45) is 0 Å². The van der Waals surface area contributed by atoms with Gasteiger partial charge in [-0.25, -0.2) is 9.07 Å². The quantitative estimate of drug-likeness (QED) is 0.523. The van der Waals surface area contributed by atoms with Crippen LogP contribution in [0.3, 0.4) is 0 Å². The summed E-state index contributed by atoms with van der Waals surface area (Å²) in [5.41, 5.74) is 2.45. The Morgan fingerprint density at radius 2 is 1.84 bits per heavy atom. The Bertz CT molecular complexity index is 1190. The highest BCUT2D eigenvalue weighted by Gasteiger charge is 2.31. The number of aromatic nitrogens is 4. The Balaban J connectivity index is 1.49. The molecule has 2 aromatic carbocycles. The molecule has 31 heavy (non-hydrogen) atoms. The fourth-order valence-electron chi connectivity index (χ4n) is 3.77. The van der Waals surface area contributed by atoms with Crippen LogP contribution in [-0.2, 0) is 0 Å². The number of halogens is 1. The van der Waals surface area contributed by atoms with E-state index in [4.69, 9.17) is 0 Å². The van der Waals surface area contributed by atoms with E-state index in [1.165, 1.54) is 18.3 Å². The van der Waals surface area contributed by atoms with Gasteiger partial charge in [0.1, 0.15) is 5.82 Å². The van der Waals surface area contributed by atoms with Crippen LogP contribution in [0.2, 0.25) is 0 Å². The lowest BCUT2D eigenvalue weighted by molar-refractivity contribution is 0.102. The van der Waals surface area contributed by atoms with Crippen LogP contribution in [0.5, 0.6) is 0 Å². The standard InChI is InChI=1S/C23H19FN6O/c24-18-10-8-16(9-11-18)20-13-19(15-5-2-1-3-6-15)26-23-28-22(29-30(20)23)27-21(31)17-7-4-12-25-14-17/h1-12,14,19-20H,13H2,(H2,26,27,28,29,31)/t19-,20-/m1/s1. The van der Waals surface area contributed by atoms with Crippen molar-refractivity contribution in [2.45, 2.75) is 18.5 Å². The third-order valence-corrected chi connectivity index (χ3v) is 5.29. The number of benzene rings is 2. The molecule has 0 fully saturated rings. The van der Waals surface area contributed by atoms with E-state index in [-0.39, 0.29) is 29.8 Å². The minimum absolute atomic E-state index is 0.00479. The number of nitrogens with one attached hydrogen (secondary N) is 2. The molecule has 0 spiro atoms. The molecule has 0 aliphatic carbocycles. The number of nitrogens with zero attached hydrogens (tertiary/aromatic N) is 4. The third-order valence-electron chi connectivity index (χ3n) is 5.29. The van der Waals surface area contributed by atoms with Gasteiger partial charge in [0, 0.05) is 12.4 Å². The van der Waals surface area contributed by atoms with Crippen molar-refractivity contribution in [2.75, 3.05) is 10.6 Å². The molecule has 1 aliphatic heterocycles. The van der Waals surface area contributed by atoms with Crippen LogP contribution in [0.1, 0.15) is 40.0 Å². The lowest BCUT2D eigenvalue weighted by Gasteiger charge is -2.31. The lowest BCUT2D eigenvalue weighted by atomic mass is 9.93. The first-order valence-electron chi connectivity index (χ1n) is 9.92. The monoisotopic (exact) mass is 414 g/mol. The van der Waals surface area contributed by atoms with Gasteiger partial charge in [0.15, 0.2) is 0 Å². The maximum absolute atomic E-state index is 13.5. The van der Waals surface area contributed by atoms with E-state index in [0.717, 1.165) is 11.1 Å². The van der Waals surface area contributed by atoms with E-state index >= 15 is 0 Å². The van der Waals surface area contributed by atoms with Crippen molar-refractivity contribution in [1.82, 2.24) is 19.7 Å². The van der Waals surface area contributed by atoms with Crippen molar-refractivity contribution >= 4 is 17.8 Å². The van der Waals surface area contributed by atoms with Crippen molar-refractivity contribution in [3.63, 3.8) is 0 Å². The van der Waals surface area contributed by atoms with Gasteiger partial charge in [0.25, 0.3) is 11.9 Å². The SMILES string of the molecule is O=C(Nc1nc2n(n1)[C@@H](c1ccc(F)cc1)C[C@H](c1ccccc1)N2)c1cccnc1. The van der Waals surface area contributed by atoms with Gasteiger partial charge in [-0.05, 0) is 41.8 Å². The molecule has 0 bridgehead atoms. The van der Waals surface area contributed by atoms with E-state index < -0.39 is 0 Å². The van der Waals surface area contributed by atoms with Gasteiger partial charge >= 0.3 is 0 Å². The average molecular weight is 414 g/mol. The molecule has 7 nitrogen and oxygen atoms in total. The van der Waals surface area contributed by atoms with Crippen LogP contribution in [0.4, 0.5) is 16.3 Å². The smallest absolute Gasteiger partial charge is 0.259 e. The minimum Gasteiger partial charge on any atom is -0.347 e. The first kappa shape index (κ1) is 18.9. The summed E-state index contributed by atoms with van der Waals surface area (Å²) in [6, 6.07) is 19.6. The number of amides is 1. The van der Waals surface area contributed by atoms with E-state index in [9.17, 15) is 9.18 Å². The Hall–Kier alpha value is -4.07. The minimum atomic E-state index is -0.339. The number of rotatable bonds is 4. The van der Waals surface area contributed by atoms with Gasteiger partial charge in [-0.15, -0.1) is 5.10 Å². The van der Waals surface area contributed by atoms with Crippen LogP contribution in [0.15, 0.2) is 79.1 Å². The maximum Gasteiger partial charge on any atom is 0.259 e. The van der Waals surface area contributed by atoms with Crippen LogP contribution >= 0.6 is 0 Å². The highest BCUT2D eigenvalue weighted by Crippen LogP contribution is 2.38. The molecule has 154 valence electrons. The van der Waals surface area contributed by atoms with Crippen molar-refractivity contribution in [3.8, 4) is 0 Å². The summed E-state index contributed by atoms with van der Waals surface area (Å²) in [6.45, 7) is 0. The van der Waals surface area contributed by atoms with Crippen LogP contribution in [0, 0.1) is 5.82 Å². The molecule has 1 amide bonds. The van der Waals surface area contributed by atoms with E-state index in [2.05, 4.69) is 37.8 Å². The largest absolute Gasteiger partial charge is 0.347 e. The molecule has 5 rings (SSSR count). The Morgan fingerprint density at radius 3 is 2.58 bits per heavy atom. The zero-order chi connectivity index (χ0) is 21.2. The Kier molecular flexibility index (Phi) is 4.87. The molecule has 3 heterocycles. The number of hydrogen-bond acceptors (Lipinski definition) is 5. The Labute approximate surface area is 178 Å². The van der Waals surface area contributed by atoms with Crippen molar-refractivity contribution in [3.05, 3.63) is 102 Å². The molecule has 2 N–H and O–H groups in total. The number of carbonyl (C=O) groups is 1. The first-order chi connectivity index (χ1) is 15.2. The van der Waals surface area contributed by atoms with Gasteiger partial charge in [-0.1, -0.05) is 42.5 Å². The van der Waals surface area contributed by atoms with Gasteiger partial charge < -0.3 is 5.32 Å². The number of fused-ring (bicyclic) bond motifs is 1. The number of carbonyl (C=O) groups excluding carboxylic acids is 1. The number of anilines is 2. The van der Waals surface area contributed by atoms with E-state index in [0.29, 0.717) is 17.9 Å². The molecule has 0 saturated heterocycles.